The van der Waals surface area contributed by atoms with Gasteiger partial charge in [0.05, 0.1) is 16.4 Å². The lowest BCUT2D eigenvalue weighted by Gasteiger charge is -2.10. The Kier molecular flexibility index (Phi) is 2.78. The Labute approximate surface area is 111 Å². The number of rotatable bonds is 5. The van der Waals surface area contributed by atoms with Crippen LogP contribution < -0.4 is 5.32 Å². The highest BCUT2D eigenvalue weighted by atomic mass is 16.4. The smallest absolute Gasteiger partial charge is 0.310 e. The van der Waals surface area contributed by atoms with Crippen molar-refractivity contribution in [3.8, 4) is 0 Å². The normalized spacial score (nSPS) is 16.7. The van der Waals surface area contributed by atoms with E-state index in [2.05, 4.69) is 21.4 Å². The molecular weight excluding hydrogens is 242 g/mol. The van der Waals surface area contributed by atoms with E-state index in [4.69, 9.17) is 5.11 Å². The molecule has 0 radical (unpaired) electrons. The molecule has 0 unspecified atom stereocenters. The second-order valence-corrected chi connectivity index (χ2v) is 5.36. The molecule has 1 heterocycles. The maximum Gasteiger partial charge on any atom is 0.310 e. The van der Waals surface area contributed by atoms with Crippen LogP contribution in [0.5, 0.6) is 0 Å². The number of aromatic amines is 1. The summed E-state index contributed by atoms with van der Waals surface area (Å²) in [6.45, 7) is 3.16. The maximum atomic E-state index is 11.1. The van der Waals surface area contributed by atoms with Gasteiger partial charge in [-0.15, -0.1) is 0 Å². The summed E-state index contributed by atoms with van der Waals surface area (Å²) in [4.78, 5) is 18.6. The molecule has 0 saturated heterocycles. The summed E-state index contributed by atoms with van der Waals surface area (Å²) in [5.41, 5.74) is 2.62. The van der Waals surface area contributed by atoms with E-state index in [1.807, 2.05) is 19.1 Å². The fourth-order valence-corrected chi connectivity index (χ4v) is 2.36. The maximum absolute atomic E-state index is 11.1. The van der Waals surface area contributed by atoms with Crippen LogP contribution in [-0.2, 0) is 11.3 Å². The minimum atomic E-state index is -0.681. The average molecular weight is 259 g/mol. The van der Waals surface area contributed by atoms with Crippen LogP contribution in [0, 0.1) is 12.3 Å². The minimum absolute atomic E-state index is 0.505. The van der Waals surface area contributed by atoms with E-state index in [9.17, 15) is 4.79 Å². The molecular formula is C14H17N3O2. The Hall–Kier alpha value is -1.88. The van der Waals surface area contributed by atoms with Gasteiger partial charge in [-0.3, -0.25) is 4.79 Å². The first kappa shape index (κ1) is 12.2. The molecule has 1 saturated carbocycles. The Balaban J connectivity index is 1.64. The summed E-state index contributed by atoms with van der Waals surface area (Å²) in [6.07, 6.45) is 1.57. The minimum Gasteiger partial charge on any atom is -0.481 e. The summed E-state index contributed by atoms with van der Waals surface area (Å²) in [5, 5.41) is 12.3. The number of aromatic nitrogens is 2. The molecule has 2 aromatic rings. The highest BCUT2D eigenvalue weighted by Crippen LogP contribution is 2.45. The molecule has 0 bridgehead atoms. The average Bonchev–Trinajstić information content (AvgIpc) is 3.05. The molecule has 100 valence electrons. The third-order valence-electron chi connectivity index (χ3n) is 3.76. The fraction of sp³-hybridized carbons (Fsp3) is 0.429. The highest BCUT2D eigenvalue weighted by Gasteiger charge is 2.49. The zero-order valence-electron chi connectivity index (χ0n) is 10.9. The molecule has 5 nitrogen and oxygen atoms in total. The molecule has 0 spiro atoms. The summed E-state index contributed by atoms with van der Waals surface area (Å²) >= 11 is 0. The van der Waals surface area contributed by atoms with E-state index in [0.29, 0.717) is 13.1 Å². The van der Waals surface area contributed by atoms with Crippen LogP contribution in [0.2, 0.25) is 0 Å². The largest absolute Gasteiger partial charge is 0.481 e. The Bertz CT molecular complexity index is 629. The molecule has 0 atom stereocenters. The summed E-state index contributed by atoms with van der Waals surface area (Å²) in [6, 6.07) is 6.07. The van der Waals surface area contributed by atoms with Crippen molar-refractivity contribution in [3.05, 3.63) is 29.6 Å². The van der Waals surface area contributed by atoms with Gasteiger partial charge in [0, 0.05) is 13.1 Å². The quantitative estimate of drug-likeness (QED) is 0.765. The van der Waals surface area contributed by atoms with Crippen LogP contribution in [0.4, 0.5) is 0 Å². The Morgan fingerprint density at radius 2 is 2.32 bits per heavy atom. The van der Waals surface area contributed by atoms with E-state index in [1.54, 1.807) is 0 Å². The number of nitrogens with zero attached hydrogens (tertiary/aromatic N) is 1. The molecule has 0 amide bonds. The first-order valence-corrected chi connectivity index (χ1v) is 6.48. The number of aliphatic carboxylic acids is 1. The summed E-state index contributed by atoms with van der Waals surface area (Å²) in [5.74, 6) is 0.225. The molecule has 5 heteroatoms. The summed E-state index contributed by atoms with van der Waals surface area (Å²) in [7, 11) is 0. The molecule has 1 aromatic heterocycles. The van der Waals surface area contributed by atoms with Gasteiger partial charge in [-0.25, -0.2) is 4.98 Å². The van der Waals surface area contributed by atoms with Crippen molar-refractivity contribution >= 4 is 17.0 Å². The van der Waals surface area contributed by atoms with E-state index >= 15 is 0 Å². The third kappa shape index (κ3) is 2.33. The number of carboxylic acids is 1. The number of H-pyrrole nitrogens is 1. The molecule has 0 aliphatic heterocycles. The lowest BCUT2D eigenvalue weighted by atomic mass is 10.1. The molecule has 19 heavy (non-hydrogen) atoms. The second-order valence-electron chi connectivity index (χ2n) is 5.36. The third-order valence-corrected chi connectivity index (χ3v) is 3.76. The van der Waals surface area contributed by atoms with Crippen LogP contribution in [0.15, 0.2) is 18.2 Å². The molecule has 3 N–H and O–H groups in total. The molecule has 1 aliphatic carbocycles. The van der Waals surface area contributed by atoms with Gasteiger partial charge in [-0.05, 0) is 37.5 Å². The molecule has 3 rings (SSSR count). The van der Waals surface area contributed by atoms with Crippen molar-refractivity contribution in [2.75, 3.05) is 6.54 Å². The zero-order valence-corrected chi connectivity index (χ0v) is 10.9. The Morgan fingerprint density at radius 3 is 3.00 bits per heavy atom. The van der Waals surface area contributed by atoms with Crippen molar-refractivity contribution in [1.82, 2.24) is 15.3 Å². The lowest BCUT2D eigenvalue weighted by molar-refractivity contribution is -0.143. The number of benzene rings is 1. The van der Waals surface area contributed by atoms with Crippen molar-refractivity contribution in [2.45, 2.75) is 26.3 Å². The predicted octanol–water partition coefficient (Wildman–Crippen LogP) is 1.83. The zero-order chi connectivity index (χ0) is 13.5. The van der Waals surface area contributed by atoms with E-state index in [-0.39, 0.29) is 0 Å². The van der Waals surface area contributed by atoms with Gasteiger partial charge in [0.1, 0.15) is 5.82 Å². The lowest BCUT2D eigenvalue weighted by Crippen LogP contribution is -2.29. The molecule has 1 fully saturated rings. The predicted molar refractivity (Wildman–Crippen MR) is 71.8 cm³/mol. The fourth-order valence-electron chi connectivity index (χ4n) is 2.36. The van der Waals surface area contributed by atoms with Gasteiger partial charge >= 0.3 is 5.97 Å². The number of hydrogen-bond donors (Lipinski definition) is 3. The van der Waals surface area contributed by atoms with Crippen LogP contribution in [0.3, 0.4) is 0 Å². The van der Waals surface area contributed by atoms with Crippen LogP contribution in [-0.4, -0.2) is 27.6 Å². The second kappa shape index (κ2) is 4.35. The van der Waals surface area contributed by atoms with Gasteiger partial charge in [0.25, 0.3) is 0 Å². The number of nitrogens with one attached hydrogen (secondary N) is 2. The van der Waals surface area contributed by atoms with Crippen molar-refractivity contribution < 1.29 is 9.90 Å². The number of imidazole rings is 1. The van der Waals surface area contributed by atoms with Gasteiger partial charge in [-0.1, -0.05) is 6.07 Å². The first-order valence-electron chi connectivity index (χ1n) is 6.48. The monoisotopic (exact) mass is 259 g/mol. The van der Waals surface area contributed by atoms with Gasteiger partial charge in [0.2, 0.25) is 0 Å². The van der Waals surface area contributed by atoms with Gasteiger partial charge < -0.3 is 15.4 Å². The SMILES string of the molecule is Cc1nc2ccc(CNCC3(C(=O)O)CC3)cc2[nH]1. The van der Waals surface area contributed by atoms with E-state index in [0.717, 1.165) is 35.3 Å². The molecule has 1 aromatic carbocycles. The summed E-state index contributed by atoms with van der Waals surface area (Å²) < 4.78 is 0. The van der Waals surface area contributed by atoms with E-state index < -0.39 is 11.4 Å². The van der Waals surface area contributed by atoms with Crippen LogP contribution in [0.25, 0.3) is 11.0 Å². The molecule has 1 aliphatic rings. The van der Waals surface area contributed by atoms with Crippen molar-refractivity contribution in [3.63, 3.8) is 0 Å². The highest BCUT2D eigenvalue weighted by molar-refractivity contribution is 5.78. The number of hydrogen-bond acceptors (Lipinski definition) is 3. The van der Waals surface area contributed by atoms with Gasteiger partial charge in [-0.2, -0.15) is 0 Å². The van der Waals surface area contributed by atoms with Crippen LogP contribution >= 0.6 is 0 Å². The number of fused-ring (bicyclic) bond motifs is 1. The standard InChI is InChI=1S/C14H17N3O2/c1-9-16-11-3-2-10(6-12(11)17-9)7-15-8-14(4-5-14)13(18)19/h2-3,6,15H,4-5,7-8H2,1H3,(H,16,17)(H,18,19). The number of carboxylic acid groups (broad SMARTS) is 1. The topological polar surface area (TPSA) is 78.0 Å². The van der Waals surface area contributed by atoms with E-state index in [1.165, 1.54) is 0 Å². The number of aryl methyl sites for hydroxylation is 1. The van der Waals surface area contributed by atoms with Crippen LogP contribution in [0.1, 0.15) is 24.2 Å². The Morgan fingerprint density at radius 1 is 1.53 bits per heavy atom. The van der Waals surface area contributed by atoms with Gasteiger partial charge in [0.15, 0.2) is 0 Å². The van der Waals surface area contributed by atoms with Crippen molar-refractivity contribution in [1.29, 1.82) is 0 Å². The number of carbonyl (C=O) groups is 1. The van der Waals surface area contributed by atoms with Crippen molar-refractivity contribution in [2.24, 2.45) is 5.41 Å². The first-order chi connectivity index (χ1) is 9.09.